The van der Waals surface area contributed by atoms with Crippen molar-refractivity contribution in [2.75, 3.05) is 25.5 Å². The molecular formula is C21H24N2O5S. The number of methoxy groups -OCH3 is 1. The van der Waals surface area contributed by atoms with Crippen molar-refractivity contribution in [2.45, 2.75) is 24.7 Å². The third-order valence-electron chi connectivity index (χ3n) is 4.99. The third kappa shape index (κ3) is 4.83. The maximum atomic E-state index is 12.9. The lowest BCUT2D eigenvalue weighted by molar-refractivity contribution is -0.120. The summed E-state index contributed by atoms with van der Waals surface area (Å²) in [6.45, 7) is 1.95. The van der Waals surface area contributed by atoms with Crippen LogP contribution in [0.2, 0.25) is 0 Å². The van der Waals surface area contributed by atoms with Gasteiger partial charge < -0.3 is 10.1 Å². The van der Waals surface area contributed by atoms with E-state index in [1.165, 1.54) is 30.5 Å². The van der Waals surface area contributed by atoms with Crippen LogP contribution in [0, 0.1) is 5.92 Å². The SMILES string of the molecule is COc1ccc(S(=O)(=O)N2CCC[C@H](C(=O)Nc3cccc(C(C)=O)c3)C2)cc1. The number of carbonyl (C=O) groups is 2. The third-order valence-corrected chi connectivity index (χ3v) is 6.87. The van der Waals surface area contributed by atoms with Crippen LogP contribution >= 0.6 is 0 Å². The zero-order valence-corrected chi connectivity index (χ0v) is 17.2. The van der Waals surface area contributed by atoms with Crippen LogP contribution in [0.4, 0.5) is 5.69 Å². The number of nitrogens with one attached hydrogen (secondary N) is 1. The fraction of sp³-hybridized carbons (Fsp3) is 0.333. The van der Waals surface area contributed by atoms with E-state index in [9.17, 15) is 18.0 Å². The van der Waals surface area contributed by atoms with Crippen LogP contribution < -0.4 is 10.1 Å². The maximum Gasteiger partial charge on any atom is 0.243 e. The molecule has 3 rings (SSSR count). The van der Waals surface area contributed by atoms with Crippen molar-refractivity contribution < 1.29 is 22.7 Å². The summed E-state index contributed by atoms with van der Waals surface area (Å²) in [4.78, 5) is 24.4. The summed E-state index contributed by atoms with van der Waals surface area (Å²) in [5.74, 6) is -0.221. The summed E-state index contributed by atoms with van der Waals surface area (Å²) in [7, 11) is -2.17. The average molecular weight is 416 g/mol. The Labute approximate surface area is 170 Å². The van der Waals surface area contributed by atoms with Gasteiger partial charge in [0.1, 0.15) is 5.75 Å². The van der Waals surface area contributed by atoms with E-state index < -0.39 is 15.9 Å². The number of carbonyl (C=O) groups excluding carboxylic acids is 2. The number of hydrogen-bond acceptors (Lipinski definition) is 5. The summed E-state index contributed by atoms with van der Waals surface area (Å²) in [5.41, 5.74) is 1.04. The summed E-state index contributed by atoms with van der Waals surface area (Å²) < 4.78 is 32.3. The second-order valence-electron chi connectivity index (χ2n) is 7.00. The predicted octanol–water partition coefficient (Wildman–Crippen LogP) is 2.94. The highest BCUT2D eigenvalue weighted by Crippen LogP contribution is 2.26. The van der Waals surface area contributed by atoms with Gasteiger partial charge in [-0.15, -0.1) is 0 Å². The standard InChI is InChI=1S/C21H24N2O5S/c1-15(24)16-5-3-7-18(13-16)22-21(25)17-6-4-12-23(14-17)29(26,27)20-10-8-19(28-2)9-11-20/h3,5,7-11,13,17H,4,6,12,14H2,1-2H3,(H,22,25)/t17-/m0/s1. The first-order valence-corrected chi connectivity index (χ1v) is 10.8. The number of ether oxygens (including phenoxy) is 1. The lowest BCUT2D eigenvalue weighted by atomic mass is 9.98. The highest BCUT2D eigenvalue weighted by molar-refractivity contribution is 7.89. The minimum atomic E-state index is -3.69. The molecule has 0 radical (unpaired) electrons. The highest BCUT2D eigenvalue weighted by Gasteiger charge is 2.33. The molecule has 1 aliphatic heterocycles. The molecule has 0 aromatic heterocycles. The summed E-state index contributed by atoms with van der Waals surface area (Å²) in [5, 5.41) is 2.80. The molecule has 0 bridgehead atoms. The van der Waals surface area contributed by atoms with Gasteiger partial charge in [-0.1, -0.05) is 12.1 Å². The van der Waals surface area contributed by atoms with Gasteiger partial charge in [0.15, 0.2) is 5.78 Å². The number of amides is 1. The molecular weight excluding hydrogens is 392 g/mol. The minimum Gasteiger partial charge on any atom is -0.497 e. The number of Topliss-reactive ketones (excluding diaryl/α,β-unsaturated/α-hetero) is 1. The Morgan fingerprint density at radius 1 is 1.14 bits per heavy atom. The molecule has 1 atom stereocenters. The Morgan fingerprint density at radius 2 is 1.86 bits per heavy atom. The van der Waals surface area contributed by atoms with Crippen molar-refractivity contribution in [1.82, 2.24) is 4.31 Å². The zero-order valence-electron chi connectivity index (χ0n) is 16.4. The van der Waals surface area contributed by atoms with Gasteiger partial charge in [0.25, 0.3) is 0 Å². The normalized spacial score (nSPS) is 17.5. The first-order valence-electron chi connectivity index (χ1n) is 9.37. The van der Waals surface area contributed by atoms with Crippen LogP contribution in [0.15, 0.2) is 53.4 Å². The smallest absolute Gasteiger partial charge is 0.243 e. The fourth-order valence-electron chi connectivity index (χ4n) is 3.33. The fourth-order valence-corrected chi connectivity index (χ4v) is 4.86. The monoisotopic (exact) mass is 416 g/mol. The Morgan fingerprint density at radius 3 is 2.52 bits per heavy atom. The van der Waals surface area contributed by atoms with Gasteiger partial charge in [-0.05, 0) is 56.2 Å². The van der Waals surface area contributed by atoms with Crippen LogP contribution in [-0.4, -0.2) is 44.6 Å². The molecule has 8 heteroatoms. The van der Waals surface area contributed by atoms with Gasteiger partial charge >= 0.3 is 0 Å². The predicted molar refractivity (Wildman–Crippen MR) is 110 cm³/mol. The molecule has 0 saturated carbocycles. The van der Waals surface area contributed by atoms with Gasteiger partial charge in [0.2, 0.25) is 15.9 Å². The Hall–Kier alpha value is -2.71. The van der Waals surface area contributed by atoms with Crippen LogP contribution in [-0.2, 0) is 14.8 Å². The topological polar surface area (TPSA) is 92.8 Å². The quantitative estimate of drug-likeness (QED) is 0.731. The van der Waals surface area contributed by atoms with Crippen molar-refractivity contribution in [3.63, 3.8) is 0 Å². The molecule has 1 N–H and O–H groups in total. The molecule has 1 amide bonds. The molecule has 1 fully saturated rings. The molecule has 2 aromatic carbocycles. The first kappa shape index (κ1) is 21.0. The van der Waals surface area contributed by atoms with Crippen LogP contribution in [0.3, 0.4) is 0 Å². The number of anilines is 1. The second kappa shape index (κ2) is 8.75. The molecule has 0 aliphatic carbocycles. The zero-order chi connectivity index (χ0) is 21.0. The lowest BCUT2D eigenvalue weighted by Crippen LogP contribution is -2.43. The van der Waals surface area contributed by atoms with Crippen molar-refractivity contribution in [3.05, 3.63) is 54.1 Å². The average Bonchev–Trinajstić information content (AvgIpc) is 2.74. The van der Waals surface area contributed by atoms with Gasteiger partial charge in [0.05, 0.1) is 17.9 Å². The first-order chi connectivity index (χ1) is 13.8. The van der Waals surface area contributed by atoms with Crippen molar-refractivity contribution >= 4 is 27.4 Å². The Kier molecular flexibility index (Phi) is 6.34. The number of piperidine rings is 1. The number of sulfonamides is 1. The Bertz CT molecular complexity index is 1000. The molecule has 0 spiro atoms. The Balaban J connectivity index is 1.71. The highest BCUT2D eigenvalue weighted by atomic mass is 32.2. The molecule has 1 aliphatic rings. The lowest BCUT2D eigenvalue weighted by Gasteiger charge is -2.31. The van der Waals surface area contributed by atoms with Crippen molar-refractivity contribution in [1.29, 1.82) is 0 Å². The second-order valence-corrected chi connectivity index (χ2v) is 8.94. The molecule has 1 heterocycles. The molecule has 1 saturated heterocycles. The van der Waals surface area contributed by atoms with E-state index in [1.807, 2.05) is 0 Å². The van der Waals surface area contributed by atoms with Crippen molar-refractivity contribution in [2.24, 2.45) is 5.92 Å². The van der Waals surface area contributed by atoms with E-state index in [2.05, 4.69) is 5.32 Å². The summed E-state index contributed by atoms with van der Waals surface area (Å²) >= 11 is 0. The molecule has 29 heavy (non-hydrogen) atoms. The molecule has 0 unspecified atom stereocenters. The van der Waals surface area contributed by atoms with E-state index in [0.29, 0.717) is 36.4 Å². The molecule has 154 valence electrons. The van der Waals surface area contributed by atoms with Crippen LogP contribution in [0.25, 0.3) is 0 Å². The van der Waals surface area contributed by atoms with E-state index in [1.54, 1.807) is 36.4 Å². The van der Waals surface area contributed by atoms with Crippen molar-refractivity contribution in [3.8, 4) is 5.75 Å². The van der Waals surface area contributed by atoms with Crippen LogP contribution in [0.1, 0.15) is 30.1 Å². The molecule has 7 nitrogen and oxygen atoms in total. The van der Waals surface area contributed by atoms with Gasteiger partial charge in [-0.3, -0.25) is 9.59 Å². The van der Waals surface area contributed by atoms with Gasteiger partial charge in [0, 0.05) is 24.3 Å². The number of benzene rings is 2. The van der Waals surface area contributed by atoms with E-state index >= 15 is 0 Å². The van der Waals surface area contributed by atoms with E-state index in [4.69, 9.17) is 4.74 Å². The number of nitrogens with zero attached hydrogens (tertiary/aromatic N) is 1. The van der Waals surface area contributed by atoms with Crippen LogP contribution in [0.5, 0.6) is 5.75 Å². The number of rotatable bonds is 6. The maximum absolute atomic E-state index is 12.9. The largest absolute Gasteiger partial charge is 0.497 e. The van der Waals surface area contributed by atoms with E-state index in [0.717, 1.165) is 0 Å². The number of hydrogen-bond donors (Lipinski definition) is 1. The number of ketones is 1. The van der Waals surface area contributed by atoms with E-state index in [-0.39, 0.29) is 23.1 Å². The molecule has 2 aromatic rings. The van der Waals surface area contributed by atoms with Gasteiger partial charge in [-0.2, -0.15) is 4.31 Å². The summed E-state index contributed by atoms with van der Waals surface area (Å²) in [6, 6.07) is 12.9. The minimum absolute atomic E-state index is 0.0875. The summed E-state index contributed by atoms with van der Waals surface area (Å²) in [6.07, 6.45) is 1.20. The van der Waals surface area contributed by atoms with Gasteiger partial charge in [-0.25, -0.2) is 8.42 Å².